The van der Waals surface area contributed by atoms with E-state index in [9.17, 15) is 8.42 Å². The molecule has 0 aliphatic heterocycles. The van der Waals surface area contributed by atoms with Crippen LogP contribution >= 0.6 is 0 Å². The topological polar surface area (TPSA) is 60.2 Å². The predicted octanol–water partition coefficient (Wildman–Crippen LogP) is 2.76. The third-order valence-electron chi connectivity index (χ3n) is 4.57. The maximum absolute atomic E-state index is 12.8. The van der Waals surface area contributed by atoms with Crippen molar-refractivity contribution in [3.63, 3.8) is 0 Å². The summed E-state index contributed by atoms with van der Waals surface area (Å²) in [5.74, 6) is 0.0267. The fraction of sp³-hybridized carbons (Fsp3) is 0.333. The average Bonchev–Trinajstić information content (AvgIpc) is 3.31. The SMILES string of the molecule is CCc1ccc(C2C(CN)C2S(=O)(=O)c2ccccc2)cc1. The third kappa shape index (κ3) is 2.57. The number of sulfone groups is 1. The fourth-order valence-corrected chi connectivity index (χ4v) is 5.47. The van der Waals surface area contributed by atoms with Crippen LogP contribution in [0.2, 0.25) is 0 Å². The molecule has 1 fully saturated rings. The quantitative estimate of drug-likeness (QED) is 0.923. The van der Waals surface area contributed by atoms with Gasteiger partial charge in [0.2, 0.25) is 0 Å². The zero-order valence-electron chi connectivity index (χ0n) is 12.6. The first-order chi connectivity index (χ1) is 10.6. The molecule has 0 spiro atoms. The molecule has 3 nitrogen and oxygen atoms in total. The number of aryl methyl sites for hydroxylation is 1. The van der Waals surface area contributed by atoms with E-state index in [1.165, 1.54) is 5.56 Å². The maximum Gasteiger partial charge on any atom is 0.182 e. The highest BCUT2D eigenvalue weighted by Crippen LogP contribution is 2.53. The highest BCUT2D eigenvalue weighted by Gasteiger charge is 2.57. The van der Waals surface area contributed by atoms with E-state index in [0.717, 1.165) is 12.0 Å². The molecule has 0 bridgehead atoms. The summed E-state index contributed by atoms with van der Waals surface area (Å²) in [6.45, 7) is 2.51. The summed E-state index contributed by atoms with van der Waals surface area (Å²) in [6, 6.07) is 16.9. The molecule has 0 heterocycles. The molecule has 1 saturated carbocycles. The van der Waals surface area contributed by atoms with Crippen LogP contribution in [0.1, 0.15) is 24.0 Å². The first-order valence-electron chi connectivity index (χ1n) is 7.67. The maximum atomic E-state index is 12.8. The summed E-state index contributed by atoms with van der Waals surface area (Å²) in [7, 11) is -3.32. The summed E-state index contributed by atoms with van der Waals surface area (Å²) < 4.78 is 25.6. The molecular formula is C18H21NO2S. The van der Waals surface area contributed by atoms with Gasteiger partial charge in [0.15, 0.2) is 9.84 Å². The third-order valence-corrected chi connectivity index (χ3v) is 6.86. The van der Waals surface area contributed by atoms with Crippen molar-refractivity contribution in [3.05, 3.63) is 65.7 Å². The van der Waals surface area contributed by atoms with E-state index < -0.39 is 15.1 Å². The number of hydrogen-bond acceptors (Lipinski definition) is 3. The van der Waals surface area contributed by atoms with Gasteiger partial charge in [-0.3, -0.25) is 0 Å². The molecule has 2 aromatic rings. The van der Waals surface area contributed by atoms with Gasteiger partial charge >= 0.3 is 0 Å². The molecule has 0 saturated heterocycles. The highest BCUT2D eigenvalue weighted by molar-refractivity contribution is 7.92. The molecule has 1 aliphatic rings. The second-order valence-corrected chi connectivity index (χ2v) is 7.95. The first kappa shape index (κ1) is 15.3. The van der Waals surface area contributed by atoms with Crippen molar-refractivity contribution in [1.29, 1.82) is 0 Å². The molecule has 22 heavy (non-hydrogen) atoms. The zero-order valence-corrected chi connectivity index (χ0v) is 13.5. The van der Waals surface area contributed by atoms with Crippen molar-refractivity contribution in [2.45, 2.75) is 29.4 Å². The van der Waals surface area contributed by atoms with Crippen LogP contribution < -0.4 is 5.73 Å². The monoisotopic (exact) mass is 315 g/mol. The number of rotatable bonds is 5. The molecule has 0 radical (unpaired) electrons. The average molecular weight is 315 g/mol. The van der Waals surface area contributed by atoms with E-state index in [2.05, 4.69) is 19.1 Å². The Balaban J connectivity index is 1.91. The minimum atomic E-state index is -3.32. The van der Waals surface area contributed by atoms with Crippen molar-refractivity contribution < 1.29 is 8.42 Å². The lowest BCUT2D eigenvalue weighted by atomic mass is 10.1. The van der Waals surface area contributed by atoms with Crippen molar-refractivity contribution in [3.8, 4) is 0 Å². The van der Waals surface area contributed by atoms with Crippen molar-refractivity contribution >= 4 is 9.84 Å². The molecule has 2 N–H and O–H groups in total. The van der Waals surface area contributed by atoms with E-state index in [1.54, 1.807) is 24.3 Å². The minimum absolute atomic E-state index is 0.0117. The second-order valence-electron chi connectivity index (χ2n) is 5.84. The predicted molar refractivity (Wildman–Crippen MR) is 88.5 cm³/mol. The van der Waals surface area contributed by atoms with Gasteiger partial charge in [-0.25, -0.2) is 8.42 Å². The van der Waals surface area contributed by atoms with Crippen LogP contribution in [0.5, 0.6) is 0 Å². The van der Waals surface area contributed by atoms with Crippen LogP contribution in [0.4, 0.5) is 0 Å². The highest BCUT2D eigenvalue weighted by atomic mass is 32.2. The largest absolute Gasteiger partial charge is 0.330 e. The fourth-order valence-electron chi connectivity index (χ4n) is 3.23. The van der Waals surface area contributed by atoms with Gasteiger partial charge < -0.3 is 5.73 Å². The van der Waals surface area contributed by atoms with Gasteiger partial charge in [0.1, 0.15) is 0 Å². The molecule has 2 aromatic carbocycles. The van der Waals surface area contributed by atoms with Gasteiger partial charge in [0.05, 0.1) is 10.1 Å². The lowest BCUT2D eigenvalue weighted by Gasteiger charge is -2.05. The smallest absolute Gasteiger partial charge is 0.182 e. The molecule has 3 atom stereocenters. The minimum Gasteiger partial charge on any atom is -0.330 e. The van der Waals surface area contributed by atoms with Gasteiger partial charge in [-0.2, -0.15) is 0 Å². The summed E-state index contributed by atoms with van der Waals surface area (Å²) in [5, 5.41) is -0.396. The van der Waals surface area contributed by atoms with Crippen LogP contribution in [-0.4, -0.2) is 20.2 Å². The normalized spacial score (nSPS) is 24.2. The Morgan fingerprint density at radius 2 is 1.64 bits per heavy atom. The van der Waals surface area contributed by atoms with E-state index in [4.69, 9.17) is 5.73 Å². The molecule has 116 valence electrons. The first-order valence-corrected chi connectivity index (χ1v) is 9.22. The van der Waals surface area contributed by atoms with Gasteiger partial charge in [0, 0.05) is 5.92 Å². The lowest BCUT2D eigenvalue weighted by molar-refractivity contribution is 0.591. The summed E-state index contributed by atoms with van der Waals surface area (Å²) >= 11 is 0. The summed E-state index contributed by atoms with van der Waals surface area (Å²) in [4.78, 5) is 0.395. The van der Waals surface area contributed by atoms with Gasteiger partial charge in [-0.15, -0.1) is 0 Å². The Bertz CT molecular complexity index is 738. The van der Waals surface area contributed by atoms with Crippen molar-refractivity contribution in [2.75, 3.05) is 6.54 Å². The molecular weight excluding hydrogens is 294 g/mol. The molecule has 1 aliphatic carbocycles. The molecule has 0 aromatic heterocycles. The standard InChI is InChI=1S/C18H21NO2S/c1-2-13-8-10-14(11-9-13)17-16(12-19)18(17)22(20,21)15-6-4-3-5-7-15/h3-11,16-18H,2,12,19H2,1H3. The Morgan fingerprint density at radius 3 is 2.18 bits per heavy atom. The van der Waals surface area contributed by atoms with Gasteiger partial charge in [0.25, 0.3) is 0 Å². The summed E-state index contributed by atoms with van der Waals surface area (Å²) in [6.07, 6.45) is 0.983. The Kier molecular flexibility index (Phi) is 4.06. The van der Waals surface area contributed by atoms with Crippen LogP contribution in [0.3, 0.4) is 0 Å². The lowest BCUT2D eigenvalue weighted by Crippen LogP contribution is -2.13. The van der Waals surface area contributed by atoms with Crippen LogP contribution in [0.25, 0.3) is 0 Å². The van der Waals surface area contributed by atoms with Crippen molar-refractivity contribution in [1.82, 2.24) is 0 Å². The molecule has 3 unspecified atom stereocenters. The molecule has 3 rings (SSSR count). The van der Waals surface area contributed by atoms with Crippen molar-refractivity contribution in [2.24, 2.45) is 11.7 Å². The van der Waals surface area contributed by atoms with E-state index in [0.29, 0.717) is 11.4 Å². The molecule has 0 amide bonds. The number of hydrogen-bond donors (Lipinski definition) is 1. The molecule has 4 heteroatoms. The zero-order chi connectivity index (χ0) is 15.7. The van der Waals surface area contributed by atoms with E-state index in [-0.39, 0.29) is 11.8 Å². The Labute approximate surface area is 132 Å². The van der Waals surface area contributed by atoms with Crippen LogP contribution in [-0.2, 0) is 16.3 Å². The van der Waals surface area contributed by atoms with Gasteiger partial charge in [-0.1, -0.05) is 49.4 Å². The Morgan fingerprint density at radius 1 is 1.00 bits per heavy atom. The second kappa shape index (κ2) is 5.86. The summed E-state index contributed by atoms with van der Waals surface area (Å²) in [5.41, 5.74) is 8.16. The van der Waals surface area contributed by atoms with E-state index >= 15 is 0 Å². The number of benzene rings is 2. The van der Waals surface area contributed by atoms with Crippen LogP contribution in [0.15, 0.2) is 59.5 Å². The van der Waals surface area contributed by atoms with Crippen LogP contribution in [0, 0.1) is 5.92 Å². The number of nitrogens with two attached hydrogens (primary N) is 1. The van der Waals surface area contributed by atoms with Gasteiger partial charge in [-0.05, 0) is 42.1 Å². The Hall–Kier alpha value is -1.65. The van der Waals surface area contributed by atoms with E-state index in [1.807, 2.05) is 18.2 Å².